The van der Waals surface area contributed by atoms with Gasteiger partial charge in [-0.2, -0.15) is 0 Å². The fraction of sp³-hybridized carbons (Fsp3) is 0.333. The molecule has 0 spiro atoms. The van der Waals surface area contributed by atoms with E-state index in [1.807, 2.05) is 0 Å². The summed E-state index contributed by atoms with van der Waals surface area (Å²) in [6.45, 7) is 0.650. The van der Waals surface area contributed by atoms with E-state index in [9.17, 15) is 9.59 Å². The molecule has 1 heterocycles. The zero-order chi connectivity index (χ0) is 14.1. The second kappa shape index (κ2) is 5.00. The quantitative estimate of drug-likeness (QED) is 0.791. The Labute approximate surface area is 116 Å². The largest absolute Gasteiger partial charge is 0.497 e. The first-order chi connectivity index (χ1) is 9.69. The smallest absolute Gasteiger partial charge is 0.320 e. The zero-order valence-corrected chi connectivity index (χ0v) is 11.3. The van der Waals surface area contributed by atoms with Crippen LogP contribution in [0, 0.1) is 5.92 Å². The Balaban J connectivity index is 1.98. The summed E-state index contributed by atoms with van der Waals surface area (Å²) in [5, 5.41) is 0. The van der Waals surface area contributed by atoms with Crippen molar-refractivity contribution in [1.82, 2.24) is 9.13 Å². The normalized spacial score (nSPS) is 14.2. The predicted octanol–water partition coefficient (Wildman–Crippen LogP) is 1.42. The van der Waals surface area contributed by atoms with E-state index in [2.05, 4.69) is 0 Å². The highest BCUT2D eigenvalue weighted by Gasteiger charge is 2.22. The third-order valence-corrected chi connectivity index (χ3v) is 3.56. The number of methoxy groups -OCH3 is 1. The lowest BCUT2D eigenvalue weighted by atomic mass is 10.3. The Morgan fingerprint density at radius 2 is 1.80 bits per heavy atom. The van der Waals surface area contributed by atoms with Crippen molar-refractivity contribution in [1.29, 1.82) is 0 Å². The standard InChI is InChI=1S/C15H16N2O3/c1-20-13-6-4-12(5-7-13)17-9-8-16(10-11-2-3-11)14(18)15(17)19/h4-9,11H,2-3,10H2,1H3. The van der Waals surface area contributed by atoms with Crippen LogP contribution in [0.4, 0.5) is 0 Å². The van der Waals surface area contributed by atoms with Crippen molar-refractivity contribution >= 4 is 0 Å². The van der Waals surface area contributed by atoms with Crippen LogP contribution in [0.3, 0.4) is 0 Å². The van der Waals surface area contributed by atoms with Crippen LogP contribution >= 0.6 is 0 Å². The summed E-state index contributed by atoms with van der Waals surface area (Å²) < 4.78 is 7.96. The molecule has 0 aliphatic heterocycles. The molecule has 20 heavy (non-hydrogen) atoms. The van der Waals surface area contributed by atoms with Gasteiger partial charge in [-0.25, -0.2) is 0 Å². The van der Waals surface area contributed by atoms with Gasteiger partial charge in [0.15, 0.2) is 0 Å². The highest BCUT2D eigenvalue weighted by molar-refractivity contribution is 5.37. The lowest BCUT2D eigenvalue weighted by Gasteiger charge is -2.09. The van der Waals surface area contributed by atoms with Crippen LogP contribution in [-0.4, -0.2) is 16.2 Å². The van der Waals surface area contributed by atoms with E-state index >= 15 is 0 Å². The molecule has 1 aromatic heterocycles. The van der Waals surface area contributed by atoms with Crippen molar-refractivity contribution in [2.75, 3.05) is 7.11 Å². The third kappa shape index (κ3) is 2.39. The molecule has 1 aliphatic rings. The first-order valence-corrected chi connectivity index (χ1v) is 6.65. The molecule has 0 unspecified atom stereocenters. The van der Waals surface area contributed by atoms with Gasteiger partial charge in [0, 0.05) is 24.6 Å². The Morgan fingerprint density at radius 3 is 2.40 bits per heavy atom. The molecule has 0 saturated heterocycles. The average Bonchev–Trinajstić information content (AvgIpc) is 3.28. The number of hydrogen-bond donors (Lipinski definition) is 0. The van der Waals surface area contributed by atoms with Crippen LogP contribution in [0.2, 0.25) is 0 Å². The number of ether oxygens (including phenoxy) is 1. The summed E-state index contributed by atoms with van der Waals surface area (Å²) in [5.41, 5.74) is -0.319. The lowest BCUT2D eigenvalue weighted by molar-refractivity contribution is 0.414. The Hall–Kier alpha value is -2.30. The minimum Gasteiger partial charge on any atom is -0.497 e. The Bertz CT molecular complexity index is 724. The number of nitrogens with zero attached hydrogens (tertiary/aromatic N) is 2. The predicted molar refractivity (Wildman–Crippen MR) is 75.6 cm³/mol. The molecule has 0 atom stereocenters. The number of rotatable bonds is 4. The highest BCUT2D eigenvalue weighted by Crippen LogP contribution is 2.29. The fourth-order valence-corrected chi connectivity index (χ4v) is 2.18. The number of hydrogen-bond acceptors (Lipinski definition) is 3. The first kappa shape index (κ1) is 12.7. The lowest BCUT2D eigenvalue weighted by Crippen LogP contribution is -2.40. The molecule has 1 fully saturated rings. The van der Waals surface area contributed by atoms with E-state index in [0.29, 0.717) is 23.9 Å². The van der Waals surface area contributed by atoms with Gasteiger partial charge in [0.25, 0.3) is 0 Å². The Morgan fingerprint density at radius 1 is 1.10 bits per heavy atom. The van der Waals surface area contributed by atoms with E-state index in [1.165, 1.54) is 9.13 Å². The monoisotopic (exact) mass is 272 g/mol. The minimum absolute atomic E-state index is 0.463. The molecular weight excluding hydrogens is 256 g/mol. The average molecular weight is 272 g/mol. The molecule has 1 aromatic carbocycles. The molecule has 5 heteroatoms. The molecule has 104 valence electrons. The van der Waals surface area contributed by atoms with Gasteiger partial charge >= 0.3 is 11.1 Å². The second-order valence-corrected chi connectivity index (χ2v) is 5.07. The second-order valence-electron chi connectivity index (χ2n) is 5.07. The van der Waals surface area contributed by atoms with Crippen LogP contribution in [0.1, 0.15) is 12.8 Å². The van der Waals surface area contributed by atoms with Gasteiger partial charge in [0.2, 0.25) is 0 Å². The maximum absolute atomic E-state index is 12.1. The molecule has 0 radical (unpaired) electrons. The molecule has 1 aliphatic carbocycles. The van der Waals surface area contributed by atoms with E-state index < -0.39 is 11.1 Å². The van der Waals surface area contributed by atoms with Crippen molar-refractivity contribution < 1.29 is 4.74 Å². The van der Waals surface area contributed by atoms with Crippen molar-refractivity contribution in [2.45, 2.75) is 19.4 Å². The summed E-state index contributed by atoms with van der Waals surface area (Å²) >= 11 is 0. The van der Waals surface area contributed by atoms with Crippen LogP contribution in [0.25, 0.3) is 5.69 Å². The van der Waals surface area contributed by atoms with Crippen LogP contribution in [0.5, 0.6) is 5.75 Å². The summed E-state index contributed by atoms with van der Waals surface area (Å²) in [6.07, 6.45) is 5.63. The van der Waals surface area contributed by atoms with Crippen molar-refractivity contribution in [2.24, 2.45) is 5.92 Å². The van der Waals surface area contributed by atoms with Crippen LogP contribution in [0.15, 0.2) is 46.2 Å². The molecule has 2 aromatic rings. The van der Waals surface area contributed by atoms with Gasteiger partial charge in [-0.1, -0.05) is 0 Å². The van der Waals surface area contributed by atoms with E-state index in [0.717, 1.165) is 12.8 Å². The Kier molecular flexibility index (Phi) is 3.18. The SMILES string of the molecule is COc1ccc(-n2ccn(CC3CC3)c(=O)c2=O)cc1. The van der Waals surface area contributed by atoms with E-state index in [4.69, 9.17) is 4.74 Å². The maximum Gasteiger partial charge on any atom is 0.320 e. The first-order valence-electron chi connectivity index (χ1n) is 6.65. The van der Waals surface area contributed by atoms with Gasteiger partial charge in [0.1, 0.15) is 5.75 Å². The fourth-order valence-electron chi connectivity index (χ4n) is 2.18. The molecular formula is C15H16N2O3. The number of aromatic nitrogens is 2. The molecule has 5 nitrogen and oxygen atoms in total. The van der Waals surface area contributed by atoms with Crippen LogP contribution in [-0.2, 0) is 6.54 Å². The minimum atomic E-state index is -0.515. The summed E-state index contributed by atoms with van der Waals surface area (Å²) in [5.74, 6) is 1.27. The molecule has 0 N–H and O–H groups in total. The zero-order valence-electron chi connectivity index (χ0n) is 11.3. The number of benzene rings is 1. The summed E-state index contributed by atoms with van der Waals surface area (Å²) in [7, 11) is 1.58. The van der Waals surface area contributed by atoms with E-state index in [-0.39, 0.29) is 0 Å². The third-order valence-electron chi connectivity index (χ3n) is 3.56. The molecule has 0 bridgehead atoms. The van der Waals surface area contributed by atoms with Crippen LogP contribution < -0.4 is 15.9 Å². The van der Waals surface area contributed by atoms with Gasteiger partial charge in [-0.05, 0) is 43.0 Å². The van der Waals surface area contributed by atoms with Gasteiger partial charge in [-0.3, -0.25) is 14.2 Å². The highest BCUT2D eigenvalue weighted by atomic mass is 16.5. The van der Waals surface area contributed by atoms with Crippen molar-refractivity contribution in [3.63, 3.8) is 0 Å². The maximum atomic E-state index is 12.1. The summed E-state index contributed by atoms with van der Waals surface area (Å²) in [6, 6.07) is 7.03. The van der Waals surface area contributed by atoms with E-state index in [1.54, 1.807) is 43.8 Å². The molecule has 1 saturated carbocycles. The van der Waals surface area contributed by atoms with Gasteiger partial charge < -0.3 is 9.30 Å². The van der Waals surface area contributed by atoms with Gasteiger partial charge in [0.05, 0.1) is 7.11 Å². The topological polar surface area (TPSA) is 53.2 Å². The van der Waals surface area contributed by atoms with Crippen molar-refractivity contribution in [3.05, 3.63) is 57.4 Å². The molecule has 0 amide bonds. The molecule has 3 rings (SSSR count). The van der Waals surface area contributed by atoms with Gasteiger partial charge in [-0.15, -0.1) is 0 Å². The van der Waals surface area contributed by atoms with Crippen molar-refractivity contribution in [3.8, 4) is 11.4 Å². The summed E-state index contributed by atoms with van der Waals surface area (Å²) in [4.78, 5) is 24.2.